The highest BCUT2D eigenvalue weighted by Gasteiger charge is 2.21. The van der Waals surface area contributed by atoms with Gasteiger partial charge >= 0.3 is 0 Å². The molecule has 0 aliphatic carbocycles. The van der Waals surface area contributed by atoms with Crippen molar-refractivity contribution in [1.29, 1.82) is 0 Å². The fourth-order valence-electron chi connectivity index (χ4n) is 2.66. The van der Waals surface area contributed by atoms with Gasteiger partial charge in [-0.3, -0.25) is 4.79 Å². The van der Waals surface area contributed by atoms with Crippen molar-refractivity contribution in [3.8, 4) is 21.5 Å². The van der Waals surface area contributed by atoms with Crippen molar-refractivity contribution in [2.24, 2.45) is 0 Å². The zero-order valence-corrected chi connectivity index (χ0v) is 16.4. The Morgan fingerprint density at radius 3 is 2.61 bits per heavy atom. The highest BCUT2D eigenvalue weighted by Crippen LogP contribution is 2.34. The van der Waals surface area contributed by atoms with E-state index in [0.29, 0.717) is 27.4 Å². The molecule has 1 aromatic carbocycles. The number of halogens is 1. The number of nitrogens with one attached hydrogen (secondary N) is 1. The number of amides is 1. The molecule has 3 aromatic heterocycles. The predicted molar refractivity (Wildman–Crippen MR) is 111 cm³/mol. The van der Waals surface area contributed by atoms with Gasteiger partial charge in [-0.2, -0.15) is 0 Å². The predicted octanol–water partition coefficient (Wildman–Crippen LogP) is 4.91. The summed E-state index contributed by atoms with van der Waals surface area (Å²) < 4.78 is 7.08. The fraction of sp³-hybridized carbons (Fsp3) is 0.0500. The van der Waals surface area contributed by atoms with Crippen LogP contribution < -0.4 is 10.1 Å². The van der Waals surface area contributed by atoms with Gasteiger partial charge in [0.15, 0.2) is 5.13 Å². The lowest BCUT2D eigenvalue weighted by Gasteiger charge is -2.08. The lowest BCUT2D eigenvalue weighted by Crippen LogP contribution is -2.14. The summed E-state index contributed by atoms with van der Waals surface area (Å²) in [5.41, 5.74) is 1.66. The Bertz CT molecular complexity index is 1110. The summed E-state index contributed by atoms with van der Waals surface area (Å²) in [6.07, 6.45) is 5.37. The van der Waals surface area contributed by atoms with Crippen molar-refractivity contribution >= 4 is 34.5 Å². The van der Waals surface area contributed by atoms with Crippen LogP contribution in [0.5, 0.6) is 5.88 Å². The summed E-state index contributed by atoms with van der Waals surface area (Å²) in [6, 6.07) is 14.6. The number of pyridine rings is 1. The number of hydrogen-bond donors (Lipinski definition) is 1. The Labute approximate surface area is 170 Å². The number of nitrogens with zero attached hydrogens (tertiary/aromatic N) is 3. The number of thiazole rings is 1. The minimum atomic E-state index is -0.342. The molecular formula is C20H15ClN4O2S. The van der Waals surface area contributed by atoms with Crippen molar-refractivity contribution in [2.45, 2.75) is 0 Å². The molecule has 0 bridgehead atoms. The third-order valence-electron chi connectivity index (χ3n) is 3.98. The van der Waals surface area contributed by atoms with Gasteiger partial charge in [-0.05, 0) is 42.0 Å². The van der Waals surface area contributed by atoms with Gasteiger partial charge in [-0.1, -0.05) is 35.1 Å². The van der Waals surface area contributed by atoms with E-state index in [1.165, 1.54) is 18.4 Å². The van der Waals surface area contributed by atoms with E-state index in [1.807, 2.05) is 41.2 Å². The maximum absolute atomic E-state index is 13.0. The first-order chi connectivity index (χ1) is 13.7. The summed E-state index contributed by atoms with van der Waals surface area (Å²) in [5.74, 6) is -0.00402. The van der Waals surface area contributed by atoms with Crippen LogP contribution in [-0.2, 0) is 0 Å². The highest BCUT2D eigenvalue weighted by atomic mass is 35.5. The molecule has 0 aliphatic rings. The Morgan fingerprint density at radius 1 is 1.14 bits per heavy atom. The Morgan fingerprint density at radius 2 is 1.89 bits per heavy atom. The fourth-order valence-corrected chi connectivity index (χ4v) is 3.82. The molecule has 0 saturated carbocycles. The van der Waals surface area contributed by atoms with Crippen molar-refractivity contribution in [1.82, 2.24) is 14.5 Å². The Balaban J connectivity index is 1.76. The van der Waals surface area contributed by atoms with Crippen molar-refractivity contribution in [3.63, 3.8) is 0 Å². The molecule has 0 atom stereocenters. The number of methoxy groups -OCH3 is 1. The molecular weight excluding hydrogens is 396 g/mol. The molecule has 0 saturated heterocycles. The van der Waals surface area contributed by atoms with Crippen LogP contribution in [0.2, 0.25) is 5.02 Å². The normalized spacial score (nSPS) is 10.6. The molecule has 0 aliphatic heterocycles. The molecule has 28 heavy (non-hydrogen) atoms. The van der Waals surface area contributed by atoms with Crippen molar-refractivity contribution in [3.05, 3.63) is 77.8 Å². The summed E-state index contributed by atoms with van der Waals surface area (Å²) in [6.45, 7) is 0. The van der Waals surface area contributed by atoms with Crippen LogP contribution in [0.4, 0.5) is 5.69 Å². The van der Waals surface area contributed by atoms with E-state index >= 15 is 0 Å². The van der Waals surface area contributed by atoms with Crippen LogP contribution in [0.3, 0.4) is 0 Å². The molecule has 1 amide bonds. The SMILES string of the molecule is COc1ncccc1NC(=O)c1nc(-n2cccc2)sc1-c1ccc(Cl)cc1. The molecule has 4 aromatic rings. The maximum Gasteiger partial charge on any atom is 0.276 e. The average molecular weight is 411 g/mol. The molecule has 0 fully saturated rings. The zero-order valence-electron chi connectivity index (χ0n) is 14.8. The molecule has 0 spiro atoms. The first-order valence-electron chi connectivity index (χ1n) is 8.36. The molecule has 140 valence electrons. The summed E-state index contributed by atoms with van der Waals surface area (Å²) in [7, 11) is 1.50. The average Bonchev–Trinajstić information content (AvgIpc) is 3.39. The largest absolute Gasteiger partial charge is 0.480 e. The van der Waals surface area contributed by atoms with Gasteiger partial charge in [-0.25, -0.2) is 9.97 Å². The lowest BCUT2D eigenvalue weighted by atomic mass is 10.1. The first kappa shape index (κ1) is 18.2. The second kappa shape index (κ2) is 7.84. The zero-order chi connectivity index (χ0) is 19.5. The first-order valence-corrected chi connectivity index (χ1v) is 9.55. The second-order valence-electron chi connectivity index (χ2n) is 5.79. The topological polar surface area (TPSA) is 69.0 Å². The van der Waals surface area contributed by atoms with Crippen LogP contribution in [0.25, 0.3) is 15.6 Å². The number of carbonyl (C=O) groups excluding carboxylic acids is 1. The van der Waals surface area contributed by atoms with Gasteiger partial charge in [0.2, 0.25) is 5.88 Å². The van der Waals surface area contributed by atoms with E-state index in [0.717, 1.165) is 10.4 Å². The number of aromatic nitrogens is 3. The van der Waals surface area contributed by atoms with Crippen LogP contribution in [0, 0.1) is 0 Å². The summed E-state index contributed by atoms with van der Waals surface area (Å²) >= 11 is 7.44. The van der Waals surface area contributed by atoms with E-state index in [2.05, 4.69) is 15.3 Å². The summed E-state index contributed by atoms with van der Waals surface area (Å²) in [5, 5.41) is 4.16. The molecule has 6 nitrogen and oxygen atoms in total. The minimum absolute atomic E-state index is 0.321. The van der Waals surface area contributed by atoms with Crippen LogP contribution >= 0.6 is 22.9 Å². The quantitative estimate of drug-likeness (QED) is 0.507. The molecule has 8 heteroatoms. The van der Waals surface area contributed by atoms with E-state index < -0.39 is 0 Å². The highest BCUT2D eigenvalue weighted by molar-refractivity contribution is 7.17. The van der Waals surface area contributed by atoms with Crippen molar-refractivity contribution < 1.29 is 9.53 Å². The van der Waals surface area contributed by atoms with Gasteiger partial charge in [0.25, 0.3) is 5.91 Å². The van der Waals surface area contributed by atoms with Crippen LogP contribution in [0.15, 0.2) is 67.1 Å². The van der Waals surface area contributed by atoms with Gasteiger partial charge in [0.1, 0.15) is 11.4 Å². The van der Waals surface area contributed by atoms with Gasteiger partial charge < -0.3 is 14.6 Å². The monoisotopic (exact) mass is 410 g/mol. The standard InChI is InChI=1S/C20H15ClN4O2S/c1-27-19-15(5-4-10-22-19)23-18(26)16-17(13-6-8-14(21)9-7-13)28-20(24-16)25-11-2-3-12-25/h2-12H,1H3,(H,23,26). The van der Waals surface area contributed by atoms with E-state index in [1.54, 1.807) is 30.5 Å². The van der Waals surface area contributed by atoms with E-state index in [4.69, 9.17) is 16.3 Å². The van der Waals surface area contributed by atoms with E-state index in [-0.39, 0.29) is 5.91 Å². The van der Waals surface area contributed by atoms with Gasteiger partial charge in [0, 0.05) is 23.6 Å². The number of benzene rings is 1. The number of rotatable bonds is 5. The van der Waals surface area contributed by atoms with Crippen molar-refractivity contribution in [2.75, 3.05) is 12.4 Å². The molecule has 0 radical (unpaired) electrons. The molecule has 1 N–H and O–H groups in total. The van der Waals surface area contributed by atoms with Gasteiger partial charge in [-0.15, -0.1) is 0 Å². The number of ether oxygens (including phenoxy) is 1. The number of anilines is 1. The number of hydrogen-bond acceptors (Lipinski definition) is 5. The Kier molecular flexibility index (Phi) is 5.10. The summed E-state index contributed by atoms with van der Waals surface area (Å²) in [4.78, 5) is 22.5. The molecule has 0 unspecified atom stereocenters. The Hall–Kier alpha value is -3.16. The molecule has 4 rings (SSSR count). The second-order valence-corrected chi connectivity index (χ2v) is 7.20. The van der Waals surface area contributed by atoms with Gasteiger partial charge in [0.05, 0.1) is 12.0 Å². The lowest BCUT2D eigenvalue weighted by molar-refractivity contribution is 0.102. The third-order valence-corrected chi connectivity index (χ3v) is 5.35. The smallest absolute Gasteiger partial charge is 0.276 e. The van der Waals surface area contributed by atoms with Crippen LogP contribution in [-0.4, -0.2) is 27.6 Å². The minimum Gasteiger partial charge on any atom is -0.480 e. The van der Waals surface area contributed by atoms with E-state index in [9.17, 15) is 4.79 Å². The number of carbonyl (C=O) groups is 1. The molecule has 3 heterocycles. The maximum atomic E-state index is 13.0. The van der Waals surface area contributed by atoms with Crippen LogP contribution in [0.1, 0.15) is 10.5 Å². The third kappa shape index (κ3) is 3.62.